The summed E-state index contributed by atoms with van der Waals surface area (Å²) >= 11 is 0. The molecule has 24 heavy (non-hydrogen) atoms. The summed E-state index contributed by atoms with van der Waals surface area (Å²) in [6.07, 6.45) is 6.45. The molecule has 4 nitrogen and oxygen atoms in total. The molecule has 0 fully saturated rings. The zero-order valence-corrected chi connectivity index (χ0v) is 13.3. The van der Waals surface area contributed by atoms with Crippen LogP contribution in [0.25, 0.3) is 12.2 Å². The molecule has 2 aromatic rings. The third kappa shape index (κ3) is 6.75. The molecule has 0 saturated carbocycles. The average Bonchev–Trinajstić information content (AvgIpc) is 2.63. The Hall–Kier alpha value is -3.14. The molecule has 2 amide bonds. The lowest BCUT2D eigenvalue weighted by atomic mass is 10.2. The summed E-state index contributed by atoms with van der Waals surface area (Å²) in [6, 6.07) is 19.2. The van der Waals surface area contributed by atoms with Gasteiger partial charge in [-0.15, -0.1) is 0 Å². The first-order chi connectivity index (χ1) is 11.7. The van der Waals surface area contributed by atoms with Gasteiger partial charge < -0.3 is 10.6 Å². The Kier molecular flexibility index (Phi) is 7.02. The van der Waals surface area contributed by atoms with Crippen molar-refractivity contribution >= 4 is 24.0 Å². The van der Waals surface area contributed by atoms with Gasteiger partial charge >= 0.3 is 0 Å². The molecule has 0 radical (unpaired) electrons. The van der Waals surface area contributed by atoms with Crippen molar-refractivity contribution in [3.63, 3.8) is 0 Å². The SMILES string of the molecule is O=C(/C=C\c1ccccc1)NCCNC(=O)/C=C/c1ccccc1. The van der Waals surface area contributed by atoms with Crippen LogP contribution in [0.4, 0.5) is 0 Å². The van der Waals surface area contributed by atoms with E-state index in [0.717, 1.165) is 11.1 Å². The first-order valence-corrected chi connectivity index (χ1v) is 7.76. The molecule has 4 heteroatoms. The van der Waals surface area contributed by atoms with Gasteiger partial charge in [0.1, 0.15) is 0 Å². The summed E-state index contributed by atoms with van der Waals surface area (Å²) in [5.41, 5.74) is 1.93. The maximum atomic E-state index is 11.6. The van der Waals surface area contributed by atoms with Crippen LogP contribution in [0, 0.1) is 0 Å². The normalized spacial score (nSPS) is 10.8. The van der Waals surface area contributed by atoms with Crippen molar-refractivity contribution < 1.29 is 9.59 Å². The molecule has 122 valence electrons. The maximum Gasteiger partial charge on any atom is 0.244 e. The Morgan fingerprint density at radius 3 is 1.42 bits per heavy atom. The molecule has 0 bridgehead atoms. The van der Waals surface area contributed by atoms with Crippen molar-refractivity contribution in [3.8, 4) is 0 Å². The van der Waals surface area contributed by atoms with Gasteiger partial charge in [-0.1, -0.05) is 60.7 Å². The molecule has 0 aliphatic rings. The van der Waals surface area contributed by atoms with E-state index in [9.17, 15) is 9.59 Å². The minimum atomic E-state index is -0.187. The van der Waals surface area contributed by atoms with E-state index in [1.807, 2.05) is 60.7 Å². The van der Waals surface area contributed by atoms with Gasteiger partial charge in [0.25, 0.3) is 0 Å². The predicted octanol–water partition coefficient (Wildman–Crippen LogP) is 2.65. The second-order valence-corrected chi connectivity index (χ2v) is 5.07. The lowest BCUT2D eigenvalue weighted by Gasteiger charge is -2.03. The third-order valence-electron chi connectivity index (χ3n) is 3.18. The molecule has 0 spiro atoms. The Morgan fingerprint density at radius 1 is 0.667 bits per heavy atom. The second kappa shape index (κ2) is 9.79. The summed E-state index contributed by atoms with van der Waals surface area (Å²) in [7, 11) is 0. The van der Waals surface area contributed by atoms with Crippen molar-refractivity contribution in [2.24, 2.45) is 0 Å². The Morgan fingerprint density at radius 2 is 1.04 bits per heavy atom. The molecule has 2 rings (SSSR count). The van der Waals surface area contributed by atoms with Gasteiger partial charge in [-0.2, -0.15) is 0 Å². The molecule has 0 saturated heterocycles. The van der Waals surface area contributed by atoms with E-state index in [1.54, 1.807) is 12.2 Å². The van der Waals surface area contributed by atoms with E-state index in [0.29, 0.717) is 13.1 Å². The van der Waals surface area contributed by atoms with Gasteiger partial charge in [0, 0.05) is 25.2 Å². The monoisotopic (exact) mass is 320 g/mol. The highest BCUT2D eigenvalue weighted by atomic mass is 16.2. The van der Waals surface area contributed by atoms with E-state index in [1.165, 1.54) is 12.2 Å². The van der Waals surface area contributed by atoms with E-state index < -0.39 is 0 Å². The van der Waals surface area contributed by atoms with Crippen LogP contribution in [0.2, 0.25) is 0 Å². The van der Waals surface area contributed by atoms with E-state index in [4.69, 9.17) is 0 Å². The van der Waals surface area contributed by atoms with Crippen molar-refractivity contribution in [3.05, 3.63) is 83.9 Å². The van der Waals surface area contributed by atoms with Crippen LogP contribution in [0.5, 0.6) is 0 Å². The van der Waals surface area contributed by atoms with E-state index in [2.05, 4.69) is 10.6 Å². The van der Waals surface area contributed by atoms with Gasteiger partial charge in [-0.3, -0.25) is 9.59 Å². The molecule has 2 aromatic carbocycles. The zero-order valence-electron chi connectivity index (χ0n) is 13.3. The van der Waals surface area contributed by atoms with Gasteiger partial charge in [-0.05, 0) is 23.3 Å². The highest BCUT2D eigenvalue weighted by Crippen LogP contribution is 2.01. The number of hydrogen-bond acceptors (Lipinski definition) is 2. The van der Waals surface area contributed by atoms with Crippen LogP contribution in [-0.4, -0.2) is 24.9 Å². The molecule has 2 N–H and O–H groups in total. The van der Waals surface area contributed by atoms with Gasteiger partial charge in [0.05, 0.1) is 0 Å². The molecule has 0 unspecified atom stereocenters. The minimum absolute atomic E-state index is 0.187. The number of carbonyl (C=O) groups excluding carboxylic acids is 2. The Balaban J connectivity index is 1.63. The first kappa shape index (κ1) is 17.2. The first-order valence-electron chi connectivity index (χ1n) is 7.76. The lowest BCUT2D eigenvalue weighted by Crippen LogP contribution is -2.33. The summed E-state index contributed by atoms with van der Waals surface area (Å²) in [6.45, 7) is 0.756. The largest absolute Gasteiger partial charge is 0.351 e. The summed E-state index contributed by atoms with van der Waals surface area (Å²) in [5.74, 6) is -0.374. The number of benzene rings is 2. The van der Waals surface area contributed by atoms with E-state index >= 15 is 0 Å². The fourth-order valence-electron chi connectivity index (χ4n) is 1.96. The van der Waals surface area contributed by atoms with Gasteiger partial charge in [0.15, 0.2) is 0 Å². The summed E-state index contributed by atoms with van der Waals surface area (Å²) < 4.78 is 0. The molecular weight excluding hydrogens is 300 g/mol. The second-order valence-electron chi connectivity index (χ2n) is 5.07. The smallest absolute Gasteiger partial charge is 0.244 e. The summed E-state index contributed by atoms with van der Waals surface area (Å²) in [5, 5.41) is 5.44. The van der Waals surface area contributed by atoms with Crippen LogP contribution in [-0.2, 0) is 9.59 Å². The van der Waals surface area contributed by atoms with Crippen LogP contribution in [0.3, 0.4) is 0 Å². The number of amides is 2. The fourth-order valence-corrected chi connectivity index (χ4v) is 1.96. The number of carbonyl (C=O) groups is 2. The highest BCUT2D eigenvalue weighted by molar-refractivity contribution is 5.92. The van der Waals surface area contributed by atoms with Gasteiger partial charge in [0.2, 0.25) is 11.8 Å². The van der Waals surface area contributed by atoms with Crippen LogP contribution in [0.1, 0.15) is 11.1 Å². The molecule has 0 aromatic heterocycles. The van der Waals surface area contributed by atoms with Crippen molar-refractivity contribution in [2.45, 2.75) is 0 Å². The van der Waals surface area contributed by atoms with Crippen LogP contribution < -0.4 is 10.6 Å². The molecule has 0 aliphatic carbocycles. The van der Waals surface area contributed by atoms with Crippen molar-refractivity contribution in [1.82, 2.24) is 10.6 Å². The zero-order chi connectivity index (χ0) is 17.0. The topological polar surface area (TPSA) is 58.2 Å². The molecule has 0 aliphatic heterocycles. The van der Waals surface area contributed by atoms with Gasteiger partial charge in [-0.25, -0.2) is 0 Å². The van der Waals surface area contributed by atoms with Crippen LogP contribution in [0.15, 0.2) is 72.8 Å². The van der Waals surface area contributed by atoms with Crippen molar-refractivity contribution in [2.75, 3.05) is 13.1 Å². The predicted molar refractivity (Wildman–Crippen MR) is 97.0 cm³/mol. The number of nitrogens with one attached hydrogen (secondary N) is 2. The molecular formula is C20H20N2O2. The Labute approximate surface area is 141 Å². The maximum absolute atomic E-state index is 11.6. The van der Waals surface area contributed by atoms with Crippen LogP contribution >= 0.6 is 0 Å². The minimum Gasteiger partial charge on any atom is -0.351 e. The number of hydrogen-bond donors (Lipinski definition) is 2. The van der Waals surface area contributed by atoms with E-state index in [-0.39, 0.29) is 11.8 Å². The third-order valence-corrected chi connectivity index (χ3v) is 3.18. The summed E-state index contributed by atoms with van der Waals surface area (Å²) in [4.78, 5) is 23.3. The lowest BCUT2D eigenvalue weighted by molar-refractivity contribution is -0.118. The number of rotatable bonds is 7. The standard InChI is InChI=1S/C20H20N2O2/c23-19(13-11-17-7-3-1-4-8-17)21-15-16-22-20(24)14-12-18-9-5-2-6-10-18/h1-14H,15-16H2,(H,21,23)(H,22,24)/b13-11-,14-12+. The highest BCUT2D eigenvalue weighted by Gasteiger charge is 1.97. The Bertz CT molecular complexity index is 643. The average molecular weight is 320 g/mol. The quantitative estimate of drug-likeness (QED) is 0.609. The molecule has 0 heterocycles. The molecule has 0 atom stereocenters. The fraction of sp³-hybridized carbons (Fsp3) is 0.100. The van der Waals surface area contributed by atoms with Crippen molar-refractivity contribution in [1.29, 1.82) is 0 Å².